The van der Waals surface area contributed by atoms with Gasteiger partial charge in [-0.15, -0.1) is 13.2 Å². The van der Waals surface area contributed by atoms with E-state index in [0.717, 1.165) is 0 Å². The number of halogens is 3. The summed E-state index contributed by atoms with van der Waals surface area (Å²) in [5.74, 6) is -0.653. The van der Waals surface area contributed by atoms with Crippen molar-refractivity contribution in [3.8, 4) is 5.75 Å². The molecule has 0 radical (unpaired) electrons. The molecule has 1 atom stereocenters. The first kappa shape index (κ1) is 20.5. The number of imidazole rings is 1. The molecule has 29 heavy (non-hydrogen) atoms. The number of H-pyrrole nitrogens is 2. The van der Waals surface area contributed by atoms with Crippen LogP contribution in [0.5, 0.6) is 5.75 Å². The molecule has 1 aromatic heterocycles. The van der Waals surface area contributed by atoms with Gasteiger partial charge in [0.25, 0.3) is 0 Å². The quantitative estimate of drug-likeness (QED) is 0.584. The molecule has 0 unspecified atom stereocenters. The lowest BCUT2D eigenvalue weighted by atomic mass is 10.1. The Morgan fingerprint density at radius 1 is 1.17 bits per heavy atom. The summed E-state index contributed by atoms with van der Waals surface area (Å²) >= 11 is 0. The van der Waals surface area contributed by atoms with E-state index in [1.807, 2.05) is 0 Å². The van der Waals surface area contributed by atoms with Gasteiger partial charge < -0.3 is 20.0 Å². The predicted molar refractivity (Wildman–Crippen MR) is 102 cm³/mol. The number of anilines is 1. The standard InChI is InChI=1S/C19H19F3N4O3/c1-11(17(27)23-13-7-8-14-15(9-13)25-18(28)24-14)26(2)10-12-5-3-4-6-16(12)29-19(20,21)22/h3-9,11H,10H2,1-2H3,(H,23,27)(H2,24,25,28)/t11-/m0/s1. The van der Waals surface area contributed by atoms with E-state index in [4.69, 9.17) is 0 Å². The number of ether oxygens (including phenoxy) is 1. The summed E-state index contributed by atoms with van der Waals surface area (Å²) in [6.45, 7) is 1.71. The largest absolute Gasteiger partial charge is 0.573 e. The number of rotatable bonds is 6. The van der Waals surface area contributed by atoms with Crippen LogP contribution < -0.4 is 15.7 Å². The Kier molecular flexibility index (Phi) is 5.64. The fourth-order valence-electron chi connectivity index (χ4n) is 2.82. The van der Waals surface area contributed by atoms with E-state index in [-0.39, 0.29) is 23.9 Å². The van der Waals surface area contributed by atoms with Gasteiger partial charge in [0, 0.05) is 17.8 Å². The normalized spacial score (nSPS) is 12.9. The number of amides is 1. The second-order valence-electron chi connectivity index (χ2n) is 6.58. The Morgan fingerprint density at radius 3 is 2.59 bits per heavy atom. The topological polar surface area (TPSA) is 90.2 Å². The molecule has 7 nitrogen and oxygen atoms in total. The molecule has 1 amide bonds. The molecule has 0 aliphatic carbocycles. The number of benzene rings is 2. The Labute approximate surface area is 163 Å². The molecule has 0 saturated heterocycles. The van der Waals surface area contributed by atoms with Gasteiger partial charge in [0.15, 0.2) is 0 Å². The van der Waals surface area contributed by atoms with Gasteiger partial charge in [0.1, 0.15) is 5.75 Å². The maximum absolute atomic E-state index is 12.6. The van der Waals surface area contributed by atoms with Gasteiger partial charge in [-0.3, -0.25) is 9.69 Å². The van der Waals surface area contributed by atoms with Crippen molar-refractivity contribution >= 4 is 22.6 Å². The number of aromatic nitrogens is 2. The Hall–Kier alpha value is -3.27. The van der Waals surface area contributed by atoms with E-state index in [2.05, 4.69) is 20.0 Å². The summed E-state index contributed by atoms with van der Waals surface area (Å²) in [5.41, 5.74) is 1.60. The Bertz CT molecular complexity index is 1070. The van der Waals surface area contributed by atoms with Crippen LogP contribution >= 0.6 is 0 Å². The monoisotopic (exact) mass is 408 g/mol. The van der Waals surface area contributed by atoms with Gasteiger partial charge in [-0.25, -0.2) is 4.79 Å². The second kappa shape index (κ2) is 8.00. The van der Waals surface area contributed by atoms with Crippen LogP contribution in [0.1, 0.15) is 12.5 Å². The molecule has 3 aromatic rings. The lowest BCUT2D eigenvalue weighted by molar-refractivity contribution is -0.275. The summed E-state index contributed by atoms with van der Waals surface area (Å²) in [4.78, 5) is 30.7. The predicted octanol–water partition coefficient (Wildman–Crippen LogP) is 3.21. The van der Waals surface area contributed by atoms with Crippen molar-refractivity contribution in [2.45, 2.75) is 25.9 Å². The molecule has 0 fully saturated rings. The van der Waals surface area contributed by atoms with Gasteiger partial charge in [0.05, 0.1) is 17.1 Å². The average Bonchev–Trinajstić information content (AvgIpc) is 3.00. The summed E-state index contributed by atoms with van der Waals surface area (Å²) < 4.78 is 41.8. The fraction of sp³-hybridized carbons (Fsp3) is 0.263. The van der Waals surface area contributed by atoms with E-state index >= 15 is 0 Å². The van der Waals surface area contributed by atoms with Crippen LogP contribution in [0.2, 0.25) is 0 Å². The number of nitrogens with one attached hydrogen (secondary N) is 3. The summed E-state index contributed by atoms with van der Waals surface area (Å²) in [7, 11) is 1.63. The first-order valence-electron chi connectivity index (χ1n) is 8.69. The highest BCUT2D eigenvalue weighted by molar-refractivity contribution is 5.96. The first-order chi connectivity index (χ1) is 13.6. The molecule has 0 spiro atoms. The van der Waals surface area contributed by atoms with E-state index in [1.54, 1.807) is 43.1 Å². The van der Waals surface area contributed by atoms with Gasteiger partial charge in [-0.1, -0.05) is 18.2 Å². The van der Waals surface area contributed by atoms with Crippen LogP contribution in [-0.4, -0.2) is 40.2 Å². The fourth-order valence-corrected chi connectivity index (χ4v) is 2.82. The highest BCUT2D eigenvalue weighted by Crippen LogP contribution is 2.27. The number of carbonyl (C=O) groups is 1. The molecule has 0 aliphatic rings. The number of fused-ring (bicyclic) bond motifs is 1. The lowest BCUT2D eigenvalue weighted by Gasteiger charge is -2.25. The average molecular weight is 408 g/mol. The number of nitrogens with zero attached hydrogens (tertiary/aromatic N) is 1. The zero-order chi connectivity index (χ0) is 21.2. The Balaban J connectivity index is 1.68. The highest BCUT2D eigenvalue weighted by atomic mass is 19.4. The summed E-state index contributed by atoms with van der Waals surface area (Å²) in [5, 5.41) is 2.73. The van der Waals surface area contributed by atoms with Crippen LogP contribution in [0, 0.1) is 0 Å². The van der Waals surface area contributed by atoms with E-state index in [0.29, 0.717) is 22.3 Å². The summed E-state index contributed by atoms with van der Waals surface area (Å²) in [6, 6.07) is 10.1. The third kappa shape index (κ3) is 5.17. The van der Waals surface area contributed by atoms with Gasteiger partial charge in [0.2, 0.25) is 5.91 Å². The van der Waals surface area contributed by atoms with Crippen LogP contribution in [0.25, 0.3) is 11.0 Å². The number of para-hydroxylation sites is 1. The molecular weight excluding hydrogens is 389 g/mol. The molecule has 3 rings (SSSR count). The molecule has 0 aliphatic heterocycles. The van der Waals surface area contributed by atoms with Crippen molar-refractivity contribution in [3.63, 3.8) is 0 Å². The van der Waals surface area contributed by atoms with Crippen LogP contribution in [0.15, 0.2) is 47.3 Å². The van der Waals surface area contributed by atoms with Crippen molar-refractivity contribution in [2.24, 2.45) is 0 Å². The minimum absolute atomic E-state index is 0.0744. The van der Waals surface area contributed by atoms with Gasteiger partial charge >= 0.3 is 12.1 Å². The SMILES string of the molecule is C[C@@H](C(=O)Nc1ccc2[nH]c(=O)[nH]c2c1)N(C)Cc1ccccc1OC(F)(F)F. The molecular formula is C19H19F3N4O3. The molecule has 0 bridgehead atoms. The third-order valence-corrected chi connectivity index (χ3v) is 4.44. The summed E-state index contributed by atoms with van der Waals surface area (Å²) in [6.07, 6.45) is -4.80. The van der Waals surface area contributed by atoms with Crippen LogP contribution in [0.3, 0.4) is 0 Å². The molecule has 3 N–H and O–H groups in total. The van der Waals surface area contributed by atoms with Crippen LogP contribution in [0.4, 0.5) is 18.9 Å². The first-order valence-corrected chi connectivity index (χ1v) is 8.69. The molecule has 10 heteroatoms. The number of hydrogen-bond acceptors (Lipinski definition) is 4. The van der Waals surface area contributed by atoms with Crippen molar-refractivity contribution in [1.29, 1.82) is 0 Å². The van der Waals surface area contributed by atoms with E-state index in [1.165, 1.54) is 18.2 Å². The molecule has 154 valence electrons. The van der Waals surface area contributed by atoms with E-state index < -0.39 is 12.4 Å². The van der Waals surface area contributed by atoms with Gasteiger partial charge in [-0.2, -0.15) is 0 Å². The lowest BCUT2D eigenvalue weighted by Crippen LogP contribution is -2.39. The van der Waals surface area contributed by atoms with Crippen molar-refractivity contribution in [2.75, 3.05) is 12.4 Å². The van der Waals surface area contributed by atoms with Crippen LogP contribution in [-0.2, 0) is 11.3 Å². The number of carbonyl (C=O) groups excluding carboxylic acids is 1. The minimum atomic E-state index is -4.80. The number of alkyl halides is 3. The highest BCUT2D eigenvalue weighted by Gasteiger charge is 2.32. The minimum Gasteiger partial charge on any atom is -0.405 e. The number of hydrogen-bond donors (Lipinski definition) is 3. The van der Waals surface area contributed by atoms with E-state index in [9.17, 15) is 22.8 Å². The molecule has 2 aromatic carbocycles. The zero-order valence-corrected chi connectivity index (χ0v) is 15.6. The number of likely N-dealkylation sites (N-methyl/N-ethyl adjacent to an activating group) is 1. The van der Waals surface area contributed by atoms with Crippen molar-refractivity contribution < 1.29 is 22.7 Å². The van der Waals surface area contributed by atoms with Gasteiger partial charge in [-0.05, 0) is 38.2 Å². The smallest absolute Gasteiger partial charge is 0.405 e. The maximum Gasteiger partial charge on any atom is 0.573 e. The van der Waals surface area contributed by atoms with Crippen molar-refractivity contribution in [1.82, 2.24) is 14.9 Å². The zero-order valence-electron chi connectivity index (χ0n) is 15.6. The third-order valence-electron chi connectivity index (χ3n) is 4.44. The Morgan fingerprint density at radius 2 is 1.86 bits per heavy atom. The molecule has 0 saturated carbocycles. The maximum atomic E-state index is 12.6. The molecule has 1 heterocycles. The number of aromatic amines is 2. The van der Waals surface area contributed by atoms with Crippen molar-refractivity contribution in [3.05, 3.63) is 58.5 Å². The second-order valence-corrected chi connectivity index (χ2v) is 6.58.